The van der Waals surface area contributed by atoms with E-state index in [-0.39, 0.29) is 0 Å². The van der Waals surface area contributed by atoms with Crippen molar-refractivity contribution in [3.63, 3.8) is 0 Å². The Bertz CT molecular complexity index is 646. The summed E-state index contributed by atoms with van der Waals surface area (Å²) < 4.78 is 5.21. The predicted molar refractivity (Wildman–Crippen MR) is 92.5 cm³/mol. The number of anilines is 1. The molecule has 0 heterocycles. The Balaban J connectivity index is 1.95. The van der Waals surface area contributed by atoms with Gasteiger partial charge >= 0.3 is 0 Å². The highest BCUT2D eigenvalue weighted by atomic mass is 35.5. The molecule has 3 N–H and O–H groups in total. The lowest BCUT2D eigenvalue weighted by molar-refractivity contribution is 0.414. The zero-order valence-corrected chi connectivity index (χ0v) is 13.3. The molecule has 0 aliphatic carbocycles. The zero-order chi connectivity index (χ0) is 15.2. The van der Waals surface area contributed by atoms with E-state index in [1.165, 1.54) is 5.56 Å². The molecule has 5 heteroatoms. The van der Waals surface area contributed by atoms with Crippen LogP contribution in [0.5, 0.6) is 5.75 Å². The molecule has 0 aliphatic heterocycles. The predicted octanol–water partition coefficient (Wildman–Crippen LogP) is 3.64. The van der Waals surface area contributed by atoms with Gasteiger partial charge in [0.2, 0.25) is 0 Å². The summed E-state index contributed by atoms with van der Waals surface area (Å²) >= 11 is 11.1. The lowest BCUT2D eigenvalue weighted by Gasteiger charge is -2.10. The van der Waals surface area contributed by atoms with Gasteiger partial charge in [-0.15, -0.1) is 0 Å². The van der Waals surface area contributed by atoms with Crippen molar-refractivity contribution in [1.82, 2.24) is 0 Å². The fourth-order valence-corrected chi connectivity index (χ4v) is 2.36. The molecule has 110 valence electrons. The Morgan fingerprint density at radius 2 is 2.10 bits per heavy atom. The average molecular weight is 321 g/mol. The van der Waals surface area contributed by atoms with Gasteiger partial charge in [-0.25, -0.2) is 0 Å². The Hall–Kier alpha value is -1.78. The van der Waals surface area contributed by atoms with Gasteiger partial charge in [0.25, 0.3) is 0 Å². The lowest BCUT2D eigenvalue weighted by atomic mass is 10.1. The van der Waals surface area contributed by atoms with Crippen molar-refractivity contribution >= 4 is 34.5 Å². The minimum atomic E-state index is 0.347. The maximum absolute atomic E-state index is 6.21. The second kappa shape index (κ2) is 7.29. The Labute approximate surface area is 135 Å². The van der Waals surface area contributed by atoms with Gasteiger partial charge in [-0.3, -0.25) is 0 Å². The molecule has 0 fully saturated rings. The number of benzene rings is 2. The van der Waals surface area contributed by atoms with E-state index in [2.05, 4.69) is 11.4 Å². The summed E-state index contributed by atoms with van der Waals surface area (Å²) in [7, 11) is 1.67. The molecule has 0 aromatic heterocycles. The summed E-state index contributed by atoms with van der Waals surface area (Å²) in [5, 5.41) is 3.92. The first-order valence-corrected chi connectivity index (χ1v) is 7.35. The molecule has 0 aliphatic rings. The third-order valence-corrected chi connectivity index (χ3v) is 3.67. The number of nitrogens with one attached hydrogen (secondary N) is 1. The van der Waals surface area contributed by atoms with E-state index in [1.807, 2.05) is 30.3 Å². The monoisotopic (exact) mass is 320 g/mol. The van der Waals surface area contributed by atoms with Gasteiger partial charge in [-0.1, -0.05) is 36.0 Å². The second-order valence-corrected chi connectivity index (χ2v) is 5.43. The van der Waals surface area contributed by atoms with Crippen molar-refractivity contribution in [3.05, 3.63) is 58.6 Å². The molecular formula is C16H17ClN2OS. The topological polar surface area (TPSA) is 47.3 Å². The third-order valence-electron chi connectivity index (χ3n) is 3.12. The number of ether oxygens (including phenoxy) is 1. The molecular weight excluding hydrogens is 304 g/mol. The van der Waals surface area contributed by atoms with E-state index < -0.39 is 0 Å². The van der Waals surface area contributed by atoms with Gasteiger partial charge in [-0.05, 0) is 42.3 Å². The Morgan fingerprint density at radius 3 is 2.76 bits per heavy atom. The number of halogens is 1. The van der Waals surface area contributed by atoms with Crippen LogP contribution in [0.3, 0.4) is 0 Å². The van der Waals surface area contributed by atoms with Crippen LogP contribution in [0.25, 0.3) is 0 Å². The molecule has 0 spiro atoms. The molecule has 0 radical (unpaired) electrons. The van der Waals surface area contributed by atoms with Crippen molar-refractivity contribution in [2.45, 2.75) is 6.42 Å². The molecule has 21 heavy (non-hydrogen) atoms. The standard InChI is InChI=1S/C16H17ClN2OS/c1-20-13-4-2-3-11(9-13)7-8-19-15-6-5-12(16(18)21)10-14(15)17/h2-6,9-10,19H,7-8H2,1H3,(H2,18,21). The summed E-state index contributed by atoms with van der Waals surface area (Å²) in [6.07, 6.45) is 0.880. The minimum Gasteiger partial charge on any atom is -0.497 e. The van der Waals surface area contributed by atoms with Gasteiger partial charge in [0.15, 0.2) is 0 Å². The smallest absolute Gasteiger partial charge is 0.119 e. The van der Waals surface area contributed by atoms with E-state index in [9.17, 15) is 0 Å². The SMILES string of the molecule is COc1cccc(CCNc2ccc(C(N)=S)cc2Cl)c1. The van der Waals surface area contributed by atoms with E-state index in [1.54, 1.807) is 13.2 Å². The number of thiocarbonyl (C=S) groups is 1. The van der Waals surface area contributed by atoms with Crippen LogP contribution in [-0.2, 0) is 6.42 Å². The summed E-state index contributed by atoms with van der Waals surface area (Å²) in [5.41, 5.74) is 8.43. The van der Waals surface area contributed by atoms with Gasteiger partial charge in [0, 0.05) is 12.1 Å². The zero-order valence-electron chi connectivity index (χ0n) is 11.7. The van der Waals surface area contributed by atoms with Crippen molar-refractivity contribution in [2.75, 3.05) is 19.0 Å². The number of hydrogen-bond donors (Lipinski definition) is 2. The van der Waals surface area contributed by atoms with Crippen LogP contribution in [0.4, 0.5) is 5.69 Å². The largest absolute Gasteiger partial charge is 0.497 e. The van der Waals surface area contributed by atoms with Crippen LogP contribution in [0.15, 0.2) is 42.5 Å². The molecule has 0 saturated carbocycles. The van der Waals surface area contributed by atoms with Crippen LogP contribution < -0.4 is 15.8 Å². The summed E-state index contributed by atoms with van der Waals surface area (Å²) in [4.78, 5) is 0.347. The molecule has 0 atom stereocenters. The lowest BCUT2D eigenvalue weighted by Crippen LogP contribution is -2.10. The molecule has 2 rings (SSSR count). The van der Waals surface area contributed by atoms with Crippen LogP contribution in [0.1, 0.15) is 11.1 Å². The van der Waals surface area contributed by atoms with Crippen molar-refractivity contribution in [1.29, 1.82) is 0 Å². The normalized spacial score (nSPS) is 10.2. The van der Waals surface area contributed by atoms with Gasteiger partial charge in [0.1, 0.15) is 10.7 Å². The maximum Gasteiger partial charge on any atom is 0.119 e. The summed E-state index contributed by atoms with van der Waals surface area (Å²) in [6, 6.07) is 13.5. The molecule has 0 amide bonds. The minimum absolute atomic E-state index is 0.347. The molecule has 2 aromatic carbocycles. The third kappa shape index (κ3) is 4.34. The average Bonchev–Trinajstić information content (AvgIpc) is 2.49. The number of methoxy groups -OCH3 is 1. The molecule has 0 unspecified atom stereocenters. The Morgan fingerprint density at radius 1 is 1.29 bits per heavy atom. The van der Waals surface area contributed by atoms with Crippen molar-refractivity contribution in [2.24, 2.45) is 5.73 Å². The van der Waals surface area contributed by atoms with Crippen molar-refractivity contribution < 1.29 is 4.74 Å². The highest BCUT2D eigenvalue weighted by molar-refractivity contribution is 7.80. The summed E-state index contributed by atoms with van der Waals surface area (Å²) in [5.74, 6) is 0.867. The van der Waals surface area contributed by atoms with Crippen LogP contribution in [0, 0.1) is 0 Å². The van der Waals surface area contributed by atoms with Gasteiger partial charge < -0.3 is 15.8 Å². The number of rotatable bonds is 6. The first-order valence-electron chi connectivity index (χ1n) is 6.56. The van der Waals surface area contributed by atoms with Crippen LogP contribution in [-0.4, -0.2) is 18.6 Å². The quantitative estimate of drug-likeness (QED) is 0.798. The van der Waals surface area contributed by atoms with Crippen LogP contribution in [0.2, 0.25) is 5.02 Å². The molecule has 0 bridgehead atoms. The van der Waals surface area contributed by atoms with E-state index in [0.29, 0.717) is 10.0 Å². The molecule has 2 aromatic rings. The van der Waals surface area contributed by atoms with Gasteiger partial charge in [0.05, 0.1) is 17.8 Å². The van der Waals surface area contributed by atoms with Crippen LogP contribution >= 0.6 is 23.8 Å². The number of nitrogens with two attached hydrogens (primary N) is 1. The highest BCUT2D eigenvalue weighted by Crippen LogP contribution is 2.23. The van der Waals surface area contributed by atoms with E-state index in [0.717, 1.165) is 30.0 Å². The first kappa shape index (κ1) is 15.6. The second-order valence-electron chi connectivity index (χ2n) is 4.59. The Kier molecular flexibility index (Phi) is 5.42. The van der Waals surface area contributed by atoms with E-state index >= 15 is 0 Å². The van der Waals surface area contributed by atoms with E-state index in [4.69, 9.17) is 34.3 Å². The van der Waals surface area contributed by atoms with Crippen molar-refractivity contribution in [3.8, 4) is 5.75 Å². The fourth-order valence-electron chi connectivity index (χ4n) is 1.98. The highest BCUT2D eigenvalue weighted by Gasteiger charge is 2.03. The maximum atomic E-state index is 6.21. The fraction of sp³-hybridized carbons (Fsp3) is 0.188. The number of hydrogen-bond acceptors (Lipinski definition) is 3. The summed E-state index contributed by atoms with van der Waals surface area (Å²) in [6.45, 7) is 0.777. The first-order chi connectivity index (χ1) is 10.1. The molecule has 0 saturated heterocycles. The molecule has 3 nitrogen and oxygen atoms in total. The van der Waals surface area contributed by atoms with Gasteiger partial charge in [-0.2, -0.15) is 0 Å².